The number of halogens is 1. The maximum Gasteiger partial charge on any atom is -1.00 e. The standard InChI is InChI=1S/C7H12NO.BrH.Zn/c1-7(9)8-5-3-2-4-6-8;;/h1-6H2;1H;/q;;+1/p-1. The molecule has 1 amide bonds. The molecule has 1 aliphatic heterocycles. The normalized spacial score (nSPS) is 17.5. The van der Waals surface area contributed by atoms with E-state index in [1.165, 1.54) is 19.3 Å². The molecule has 1 heterocycles. The van der Waals surface area contributed by atoms with Crippen LogP contribution < -0.4 is 17.0 Å². The number of carbonyl (C=O) groups excluding carboxylic acids is 1. The smallest absolute Gasteiger partial charge is 1.00 e. The van der Waals surface area contributed by atoms with E-state index in [1.807, 2.05) is 4.90 Å². The zero-order valence-corrected chi connectivity index (χ0v) is 11.2. The Bertz CT molecular complexity index is 126. The van der Waals surface area contributed by atoms with Crippen LogP contribution in [0.2, 0.25) is 5.02 Å². The van der Waals surface area contributed by atoms with Crippen molar-refractivity contribution < 1.29 is 40.1 Å². The summed E-state index contributed by atoms with van der Waals surface area (Å²) in [5.41, 5.74) is 0. The van der Waals surface area contributed by atoms with Crippen LogP contribution in [0.15, 0.2) is 0 Å². The summed E-state index contributed by atoms with van der Waals surface area (Å²) in [6.45, 7) is 2.03. The molecule has 1 fully saturated rings. The molecular formula is C7H12BrNOZn. The Balaban J connectivity index is 0.000001000. The van der Waals surface area contributed by atoms with Crippen LogP contribution in [0, 0.1) is 0 Å². The Morgan fingerprint density at radius 3 is 2.27 bits per heavy atom. The molecule has 1 aliphatic rings. The molecule has 0 aromatic carbocycles. The minimum atomic E-state index is 0. The molecule has 1 saturated heterocycles. The zero-order chi connectivity index (χ0) is 7.40. The van der Waals surface area contributed by atoms with E-state index in [0.29, 0.717) is 5.91 Å². The first-order valence-electron chi connectivity index (χ1n) is 3.91. The van der Waals surface area contributed by atoms with E-state index < -0.39 is 0 Å². The number of rotatable bonds is 1. The van der Waals surface area contributed by atoms with Gasteiger partial charge in [-0.05, 0) is 0 Å². The molecule has 0 atom stereocenters. The van der Waals surface area contributed by atoms with Crippen LogP contribution in [-0.4, -0.2) is 23.9 Å². The Kier molecular flexibility index (Phi) is 6.45. The molecule has 11 heavy (non-hydrogen) atoms. The van der Waals surface area contributed by atoms with Gasteiger partial charge in [-0.15, -0.1) is 0 Å². The Hall–Kier alpha value is 0.573. The van der Waals surface area contributed by atoms with E-state index in [-0.39, 0.29) is 17.0 Å². The van der Waals surface area contributed by atoms with Crippen LogP contribution >= 0.6 is 0 Å². The number of amides is 1. The predicted octanol–water partition coefficient (Wildman–Crippen LogP) is -2.03. The maximum absolute atomic E-state index is 11.1. The third kappa shape index (κ3) is 3.66. The summed E-state index contributed by atoms with van der Waals surface area (Å²) in [5, 5.41) is 0.792. The minimum absolute atomic E-state index is 0. The first kappa shape index (κ1) is 11.6. The second-order valence-electron chi connectivity index (χ2n) is 2.69. The fourth-order valence-corrected chi connectivity index (χ4v) is 1.96. The van der Waals surface area contributed by atoms with Crippen molar-refractivity contribution in [1.82, 2.24) is 4.90 Å². The molecule has 1 rings (SSSR count). The van der Waals surface area contributed by atoms with Gasteiger partial charge >= 0.3 is 71.3 Å². The van der Waals surface area contributed by atoms with E-state index >= 15 is 0 Å². The molecule has 0 unspecified atom stereocenters. The summed E-state index contributed by atoms with van der Waals surface area (Å²) < 4.78 is 0. The summed E-state index contributed by atoms with van der Waals surface area (Å²) in [7, 11) is 0. The fraction of sp³-hybridized carbons (Fsp3) is 0.857. The summed E-state index contributed by atoms with van der Waals surface area (Å²) in [4.78, 5) is 13.1. The number of hydrogen-bond acceptors (Lipinski definition) is 1. The van der Waals surface area contributed by atoms with Gasteiger partial charge in [0.05, 0.1) is 0 Å². The fourth-order valence-electron chi connectivity index (χ4n) is 1.30. The molecule has 0 radical (unpaired) electrons. The van der Waals surface area contributed by atoms with Gasteiger partial charge in [-0.2, -0.15) is 0 Å². The molecule has 4 heteroatoms. The Morgan fingerprint density at radius 2 is 1.82 bits per heavy atom. The number of carbonyl (C=O) groups is 1. The largest absolute Gasteiger partial charge is 1.00 e. The molecule has 0 aromatic rings. The molecule has 0 aromatic heterocycles. The quantitative estimate of drug-likeness (QED) is 0.504. The third-order valence-electron chi connectivity index (χ3n) is 1.92. The second kappa shape index (κ2) is 6.13. The average molecular weight is 271 g/mol. The van der Waals surface area contributed by atoms with Crippen LogP contribution in [0.4, 0.5) is 0 Å². The minimum Gasteiger partial charge on any atom is -1.00 e. The summed E-state index contributed by atoms with van der Waals surface area (Å²) in [5.74, 6) is 0.375. The van der Waals surface area contributed by atoms with E-state index in [9.17, 15) is 4.79 Å². The average Bonchev–Trinajstić information content (AvgIpc) is 2.05. The van der Waals surface area contributed by atoms with Crippen molar-refractivity contribution in [3.63, 3.8) is 0 Å². The van der Waals surface area contributed by atoms with Gasteiger partial charge in [-0.3, -0.25) is 0 Å². The first-order valence-corrected chi connectivity index (χ1v) is 6.01. The van der Waals surface area contributed by atoms with Crippen molar-refractivity contribution in [3.05, 3.63) is 0 Å². The van der Waals surface area contributed by atoms with Crippen LogP contribution in [0.1, 0.15) is 19.3 Å². The zero-order valence-electron chi connectivity index (χ0n) is 6.68. The van der Waals surface area contributed by atoms with Crippen molar-refractivity contribution >= 4 is 5.91 Å². The van der Waals surface area contributed by atoms with Gasteiger partial charge in [0.25, 0.3) is 0 Å². The summed E-state index contributed by atoms with van der Waals surface area (Å²) in [6, 6.07) is 0. The van der Waals surface area contributed by atoms with Gasteiger partial charge in [0.15, 0.2) is 0 Å². The van der Waals surface area contributed by atoms with Gasteiger partial charge in [-0.25, -0.2) is 0 Å². The molecule has 0 N–H and O–H groups in total. The molecular weight excluding hydrogens is 259 g/mol. The van der Waals surface area contributed by atoms with Gasteiger partial charge in [0.1, 0.15) is 0 Å². The van der Waals surface area contributed by atoms with Gasteiger partial charge < -0.3 is 17.0 Å². The molecule has 0 saturated carbocycles. The maximum atomic E-state index is 11.1. The van der Waals surface area contributed by atoms with Gasteiger partial charge in [0, 0.05) is 0 Å². The van der Waals surface area contributed by atoms with Gasteiger partial charge in [0.2, 0.25) is 0 Å². The van der Waals surface area contributed by atoms with Crippen LogP contribution in [0.25, 0.3) is 0 Å². The van der Waals surface area contributed by atoms with Crippen LogP contribution in [0.3, 0.4) is 0 Å². The summed E-state index contributed by atoms with van der Waals surface area (Å²) >= 11 is 1.11. The SMILES string of the molecule is O=C([CH2][Zn+])N1CCCCC1.[Br-]. The van der Waals surface area contributed by atoms with E-state index in [0.717, 1.165) is 36.4 Å². The van der Waals surface area contributed by atoms with Crippen molar-refractivity contribution in [1.29, 1.82) is 0 Å². The van der Waals surface area contributed by atoms with Crippen molar-refractivity contribution in [3.8, 4) is 0 Å². The monoisotopic (exact) mass is 269 g/mol. The third-order valence-corrected chi connectivity index (χ3v) is 2.82. The van der Waals surface area contributed by atoms with Crippen LogP contribution in [-0.2, 0) is 23.1 Å². The van der Waals surface area contributed by atoms with E-state index in [1.54, 1.807) is 0 Å². The molecule has 0 aliphatic carbocycles. The first-order chi connectivity index (χ1) is 4.84. The Morgan fingerprint density at radius 1 is 1.27 bits per heavy atom. The summed E-state index contributed by atoms with van der Waals surface area (Å²) in [6.07, 6.45) is 3.74. The van der Waals surface area contributed by atoms with Gasteiger partial charge in [-0.1, -0.05) is 0 Å². The predicted molar refractivity (Wildman–Crippen MR) is 35.2 cm³/mol. The Labute approximate surface area is 88.2 Å². The van der Waals surface area contributed by atoms with Crippen LogP contribution in [0.5, 0.6) is 0 Å². The topological polar surface area (TPSA) is 20.3 Å². The molecule has 0 spiro atoms. The number of hydrogen-bond donors (Lipinski definition) is 0. The number of piperidine rings is 1. The molecule has 60 valence electrons. The second-order valence-corrected chi connectivity index (χ2v) is 3.74. The van der Waals surface area contributed by atoms with E-state index in [2.05, 4.69) is 0 Å². The number of likely N-dealkylation sites (tertiary alicyclic amines) is 1. The van der Waals surface area contributed by atoms with Crippen molar-refractivity contribution in [2.45, 2.75) is 24.3 Å². The molecule has 0 bridgehead atoms. The number of nitrogens with zero attached hydrogens (tertiary/aromatic N) is 1. The van der Waals surface area contributed by atoms with Crippen molar-refractivity contribution in [2.75, 3.05) is 13.1 Å². The molecule has 2 nitrogen and oxygen atoms in total. The van der Waals surface area contributed by atoms with Crippen molar-refractivity contribution in [2.24, 2.45) is 0 Å². The van der Waals surface area contributed by atoms with E-state index in [4.69, 9.17) is 0 Å².